The van der Waals surface area contributed by atoms with Gasteiger partial charge in [-0.3, -0.25) is 14.9 Å². The second-order valence-corrected chi connectivity index (χ2v) is 3.45. The van der Waals surface area contributed by atoms with Gasteiger partial charge in [-0.25, -0.2) is 4.39 Å². The normalized spacial score (nSPS) is 19.5. The summed E-state index contributed by atoms with van der Waals surface area (Å²) in [7, 11) is 0. The number of nitro groups is 1. The molecule has 0 aromatic heterocycles. The molecule has 1 aliphatic rings. The summed E-state index contributed by atoms with van der Waals surface area (Å²) in [5.41, 5.74) is 5.03. The molecule has 0 bridgehead atoms. The monoisotopic (exact) mass is 225 g/mol. The number of nitro benzene ring substituents is 1. The Bertz CT molecular complexity index is 477. The maximum atomic E-state index is 13.4. The molecule has 1 aliphatic heterocycles. The summed E-state index contributed by atoms with van der Waals surface area (Å²) in [6.07, 6.45) is 0. The van der Waals surface area contributed by atoms with Gasteiger partial charge in [0.15, 0.2) is 5.82 Å². The van der Waals surface area contributed by atoms with Crippen LogP contribution < -0.4 is 10.6 Å². The Morgan fingerprint density at radius 3 is 2.69 bits per heavy atom. The second kappa shape index (κ2) is 3.53. The van der Waals surface area contributed by atoms with Gasteiger partial charge in [0.2, 0.25) is 5.91 Å². The predicted molar refractivity (Wildman–Crippen MR) is 53.4 cm³/mol. The zero-order chi connectivity index (χ0) is 11.9. The van der Waals surface area contributed by atoms with Crippen molar-refractivity contribution >= 4 is 17.3 Å². The first-order valence-corrected chi connectivity index (χ1v) is 4.51. The van der Waals surface area contributed by atoms with Gasteiger partial charge in [-0.1, -0.05) is 0 Å². The number of nitrogens with zero attached hydrogens (tertiary/aromatic N) is 2. The number of carbonyl (C=O) groups is 1. The smallest absolute Gasteiger partial charge is 0.272 e. The van der Waals surface area contributed by atoms with Crippen molar-refractivity contribution in [2.24, 2.45) is 5.73 Å². The van der Waals surface area contributed by atoms with Gasteiger partial charge < -0.3 is 10.6 Å². The molecule has 1 unspecified atom stereocenters. The molecule has 1 atom stereocenters. The Morgan fingerprint density at radius 1 is 1.56 bits per heavy atom. The predicted octanol–water partition coefficient (Wildman–Crippen LogP) is 0.408. The number of hydrogen-bond donors (Lipinski definition) is 1. The Morgan fingerprint density at radius 2 is 2.25 bits per heavy atom. The molecule has 1 fully saturated rings. The van der Waals surface area contributed by atoms with Crippen LogP contribution in [0.4, 0.5) is 15.8 Å². The minimum atomic E-state index is -0.797. The molecule has 2 rings (SSSR count). The number of rotatable bonds is 2. The first-order chi connectivity index (χ1) is 7.50. The van der Waals surface area contributed by atoms with Crippen LogP contribution in [-0.2, 0) is 4.79 Å². The van der Waals surface area contributed by atoms with Crippen LogP contribution in [-0.4, -0.2) is 23.4 Å². The van der Waals surface area contributed by atoms with Gasteiger partial charge in [0.1, 0.15) is 6.04 Å². The summed E-state index contributed by atoms with van der Waals surface area (Å²) in [6, 6.07) is 2.54. The molecular formula is C9H8FN3O3. The van der Waals surface area contributed by atoms with Crippen LogP contribution in [0.5, 0.6) is 0 Å². The molecule has 1 saturated heterocycles. The molecule has 0 saturated carbocycles. The molecule has 1 amide bonds. The number of anilines is 1. The zero-order valence-electron chi connectivity index (χ0n) is 8.09. The summed E-state index contributed by atoms with van der Waals surface area (Å²) in [5.74, 6) is -1.18. The lowest BCUT2D eigenvalue weighted by molar-refractivity contribution is -0.385. The third-order valence-electron chi connectivity index (χ3n) is 2.40. The number of non-ortho nitro benzene ring substituents is 1. The standard InChI is InChI=1S/C9H8FN3O3/c10-6-3-5(13(15)16)1-2-8(6)12-4-7(11)9(12)14/h1-3,7H,4,11H2. The van der Waals surface area contributed by atoms with E-state index in [1.165, 1.54) is 6.07 Å². The van der Waals surface area contributed by atoms with Gasteiger partial charge in [-0.15, -0.1) is 0 Å². The Kier molecular flexibility index (Phi) is 2.31. The van der Waals surface area contributed by atoms with Crippen molar-refractivity contribution in [2.75, 3.05) is 11.4 Å². The van der Waals surface area contributed by atoms with Gasteiger partial charge in [0.05, 0.1) is 23.2 Å². The zero-order valence-corrected chi connectivity index (χ0v) is 8.09. The van der Waals surface area contributed by atoms with E-state index in [0.717, 1.165) is 17.0 Å². The third kappa shape index (κ3) is 1.50. The largest absolute Gasteiger partial charge is 0.318 e. The van der Waals surface area contributed by atoms with E-state index < -0.39 is 16.8 Å². The fourth-order valence-electron chi connectivity index (χ4n) is 1.50. The molecule has 1 aromatic rings. The molecule has 0 radical (unpaired) electrons. The van der Waals surface area contributed by atoms with Gasteiger partial charge in [-0.2, -0.15) is 0 Å². The van der Waals surface area contributed by atoms with E-state index >= 15 is 0 Å². The lowest BCUT2D eigenvalue weighted by Crippen LogP contribution is -2.61. The molecule has 1 aromatic carbocycles. The Hall–Kier alpha value is -2.02. The molecule has 2 N–H and O–H groups in total. The number of β-lactam (4-membered cyclic amide) rings is 1. The highest BCUT2D eigenvalue weighted by atomic mass is 19.1. The fourth-order valence-corrected chi connectivity index (χ4v) is 1.50. The maximum Gasteiger partial charge on any atom is 0.272 e. The van der Waals surface area contributed by atoms with Crippen LogP contribution >= 0.6 is 0 Å². The van der Waals surface area contributed by atoms with Crippen molar-refractivity contribution in [3.8, 4) is 0 Å². The van der Waals surface area contributed by atoms with Crippen molar-refractivity contribution in [3.05, 3.63) is 34.1 Å². The SMILES string of the molecule is NC1CN(c2ccc([N+](=O)[O-])cc2F)C1=O. The van der Waals surface area contributed by atoms with E-state index in [1.807, 2.05) is 0 Å². The van der Waals surface area contributed by atoms with E-state index in [1.54, 1.807) is 0 Å². The molecule has 1 heterocycles. The number of carbonyl (C=O) groups excluding carboxylic acids is 1. The van der Waals surface area contributed by atoms with Crippen LogP contribution in [0.15, 0.2) is 18.2 Å². The number of amides is 1. The quantitative estimate of drug-likeness (QED) is 0.448. The third-order valence-corrected chi connectivity index (χ3v) is 2.40. The van der Waals surface area contributed by atoms with E-state index in [9.17, 15) is 19.3 Å². The minimum absolute atomic E-state index is 0.0253. The summed E-state index contributed by atoms with van der Waals surface area (Å²) >= 11 is 0. The Balaban J connectivity index is 2.30. The molecule has 0 spiro atoms. The lowest BCUT2D eigenvalue weighted by Gasteiger charge is -2.36. The highest BCUT2D eigenvalue weighted by molar-refractivity contribution is 6.03. The van der Waals surface area contributed by atoms with Crippen LogP contribution in [0.25, 0.3) is 0 Å². The van der Waals surface area contributed by atoms with Crippen molar-refractivity contribution in [3.63, 3.8) is 0 Å². The van der Waals surface area contributed by atoms with E-state index in [4.69, 9.17) is 5.73 Å². The van der Waals surface area contributed by atoms with Crippen LogP contribution in [0, 0.1) is 15.9 Å². The van der Waals surface area contributed by atoms with Crippen molar-refractivity contribution in [1.29, 1.82) is 0 Å². The summed E-state index contributed by atoms with van der Waals surface area (Å²) in [4.78, 5) is 22.1. The van der Waals surface area contributed by atoms with Crippen LogP contribution in [0.1, 0.15) is 0 Å². The van der Waals surface area contributed by atoms with Gasteiger partial charge in [-0.05, 0) is 6.07 Å². The molecule has 7 heteroatoms. The van der Waals surface area contributed by atoms with Crippen molar-refractivity contribution in [2.45, 2.75) is 6.04 Å². The highest BCUT2D eigenvalue weighted by Crippen LogP contribution is 2.27. The first-order valence-electron chi connectivity index (χ1n) is 4.51. The van der Waals surface area contributed by atoms with Crippen LogP contribution in [0.2, 0.25) is 0 Å². The van der Waals surface area contributed by atoms with Gasteiger partial charge >= 0.3 is 0 Å². The molecule has 84 valence electrons. The van der Waals surface area contributed by atoms with E-state index in [-0.39, 0.29) is 23.8 Å². The van der Waals surface area contributed by atoms with Gasteiger partial charge in [0.25, 0.3) is 5.69 Å². The van der Waals surface area contributed by atoms with Crippen molar-refractivity contribution < 1.29 is 14.1 Å². The summed E-state index contributed by atoms with van der Waals surface area (Å²) in [6.45, 7) is 0.230. The number of hydrogen-bond acceptors (Lipinski definition) is 4. The lowest BCUT2D eigenvalue weighted by atomic mass is 10.1. The Labute approximate surface area is 89.6 Å². The van der Waals surface area contributed by atoms with E-state index in [2.05, 4.69) is 0 Å². The minimum Gasteiger partial charge on any atom is -0.318 e. The average molecular weight is 225 g/mol. The van der Waals surface area contributed by atoms with Gasteiger partial charge in [0, 0.05) is 6.07 Å². The molecular weight excluding hydrogens is 217 g/mol. The fraction of sp³-hybridized carbons (Fsp3) is 0.222. The highest BCUT2D eigenvalue weighted by Gasteiger charge is 2.36. The maximum absolute atomic E-state index is 13.4. The molecule has 16 heavy (non-hydrogen) atoms. The molecule has 0 aliphatic carbocycles. The number of nitrogens with two attached hydrogens (primary N) is 1. The van der Waals surface area contributed by atoms with Crippen LogP contribution in [0.3, 0.4) is 0 Å². The summed E-state index contributed by atoms with van der Waals surface area (Å²) < 4.78 is 13.4. The topological polar surface area (TPSA) is 89.5 Å². The summed E-state index contributed by atoms with van der Waals surface area (Å²) in [5, 5.41) is 10.4. The first kappa shape index (κ1) is 10.5. The second-order valence-electron chi connectivity index (χ2n) is 3.45. The number of benzene rings is 1. The number of halogens is 1. The average Bonchev–Trinajstić information content (AvgIpc) is 2.26. The molecule has 6 nitrogen and oxygen atoms in total. The van der Waals surface area contributed by atoms with Crippen molar-refractivity contribution in [1.82, 2.24) is 0 Å². The van der Waals surface area contributed by atoms with E-state index in [0.29, 0.717) is 0 Å².